The molecule has 0 bridgehead atoms. The molecule has 1 unspecified atom stereocenters. The van der Waals surface area contributed by atoms with E-state index in [0.29, 0.717) is 25.2 Å². The Kier molecular flexibility index (Phi) is 2.71. The van der Waals surface area contributed by atoms with E-state index < -0.39 is 17.2 Å². The lowest BCUT2D eigenvalue weighted by Crippen LogP contribution is -2.44. The minimum Gasteiger partial charge on any atom is -0.379 e. The molecule has 4 heteroatoms. The molecular weight excluding hydrogens is 200 g/mol. The second kappa shape index (κ2) is 3.87. The van der Waals surface area contributed by atoms with Crippen LogP contribution in [0.25, 0.3) is 0 Å². The third kappa shape index (κ3) is 2.16. The zero-order valence-corrected chi connectivity index (χ0v) is 8.30. The van der Waals surface area contributed by atoms with Crippen LogP contribution in [-0.2, 0) is 10.3 Å². The Bertz CT molecular complexity index is 341. The summed E-state index contributed by atoms with van der Waals surface area (Å²) >= 11 is 0. The molecule has 1 aromatic carbocycles. The van der Waals surface area contributed by atoms with E-state index in [0.717, 1.165) is 12.5 Å². The summed E-state index contributed by atoms with van der Waals surface area (Å²) in [6, 6.07) is 3.39. The van der Waals surface area contributed by atoms with E-state index >= 15 is 0 Å². The second-order valence-corrected chi connectivity index (χ2v) is 3.97. The molecular formula is C11H13F2NO. The summed E-state index contributed by atoms with van der Waals surface area (Å²) in [5.41, 5.74) is 5.78. The normalized spacial score (nSPS) is 26.6. The highest BCUT2D eigenvalue weighted by Gasteiger charge is 2.31. The van der Waals surface area contributed by atoms with E-state index in [1.54, 1.807) is 0 Å². The first-order valence-electron chi connectivity index (χ1n) is 4.93. The quantitative estimate of drug-likeness (QED) is 0.773. The number of ether oxygens (including phenoxy) is 1. The van der Waals surface area contributed by atoms with Gasteiger partial charge in [0.05, 0.1) is 12.1 Å². The van der Waals surface area contributed by atoms with Gasteiger partial charge in [-0.3, -0.25) is 0 Å². The van der Waals surface area contributed by atoms with E-state index in [-0.39, 0.29) is 0 Å². The van der Waals surface area contributed by atoms with Crippen molar-refractivity contribution < 1.29 is 13.5 Å². The van der Waals surface area contributed by atoms with E-state index in [4.69, 9.17) is 10.5 Å². The maximum atomic E-state index is 13.0. The number of hydrogen-bond donors (Lipinski definition) is 1. The molecule has 2 N–H and O–H groups in total. The summed E-state index contributed by atoms with van der Waals surface area (Å²) in [5, 5.41) is 0. The van der Waals surface area contributed by atoms with Crippen molar-refractivity contribution in [2.75, 3.05) is 13.2 Å². The molecule has 0 amide bonds. The van der Waals surface area contributed by atoms with Crippen molar-refractivity contribution in [1.29, 1.82) is 0 Å². The zero-order valence-electron chi connectivity index (χ0n) is 8.30. The van der Waals surface area contributed by atoms with Gasteiger partial charge in [0.1, 0.15) is 11.6 Å². The topological polar surface area (TPSA) is 35.2 Å². The van der Waals surface area contributed by atoms with Crippen molar-refractivity contribution in [2.45, 2.75) is 18.4 Å². The smallest absolute Gasteiger partial charge is 0.126 e. The number of benzene rings is 1. The molecule has 0 aliphatic carbocycles. The third-order valence-corrected chi connectivity index (χ3v) is 2.71. The summed E-state index contributed by atoms with van der Waals surface area (Å²) in [4.78, 5) is 0. The molecule has 1 aromatic rings. The Labute approximate surface area is 87.0 Å². The number of halogens is 2. The fourth-order valence-corrected chi connectivity index (χ4v) is 1.89. The summed E-state index contributed by atoms with van der Waals surface area (Å²) in [6.07, 6.45) is 1.50. The Morgan fingerprint density at radius 3 is 2.40 bits per heavy atom. The fourth-order valence-electron chi connectivity index (χ4n) is 1.89. The van der Waals surface area contributed by atoms with Crippen molar-refractivity contribution >= 4 is 0 Å². The van der Waals surface area contributed by atoms with Crippen LogP contribution in [0.1, 0.15) is 18.4 Å². The molecule has 0 aromatic heterocycles. The highest BCUT2D eigenvalue weighted by molar-refractivity contribution is 5.26. The minimum atomic E-state index is -0.749. The van der Waals surface area contributed by atoms with Gasteiger partial charge in [0.15, 0.2) is 0 Å². The predicted octanol–water partition coefficient (Wildman–Crippen LogP) is 1.93. The molecule has 82 valence electrons. The highest BCUT2D eigenvalue weighted by Crippen LogP contribution is 2.28. The first kappa shape index (κ1) is 10.5. The van der Waals surface area contributed by atoms with Crippen molar-refractivity contribution in [2.24, 2.45) is 5.73 Å². The van der Waals surface area contributed by atoms with E-state index in [9.17, 15) is 8.78 Å². The van der Waals surface area contributed by atoms with Crippen molar-refractivity contribution in [3.8, 4) is 0 Å². The largest absolute Gasteiger partial charge is 0.379 e. The van der Waals surface area contributed by atoms with Gasteiger partial charge in [0.25, 0.3) is 0 Å². The van der Waals surface area contributed by atoms with Gasteiger partial charge in [0, 0.05) is 12.7 Å². The molecule has 0 spiro atoms. The standard InChI is InChI=1S/C11H13F2NO/c12-9-4-8(5-10(13)6-9)11(14)2-1-3-15-7-11/h4-6H,1-3,7,14H2. The SMILES string of the molecule is NC1(c2cc(F)cc(F)c2)CCCOC1. The Morgan fingerprint density at radius 2 is 1.87 bits per heavy atom. The summed E-state index contributed by atoms with van der Waals surface area (Å²) in [6.45, 7) is 0.979. The van der Waals surface area contributed by atoms with E-state index in [1.807, 2.05) is 0 Å². The highest BCUT2D eigenvalue weighted by atomic mass is 19.1. The number of hydrogen-bond acceptors (Lipinski definition) is 2. The summed E-state index contributed by atoms with van der Waals surface area (Å²) in [5.74, 6) is -1.19. The maximum Gasteiger partial charge on any atom is 0.126 e. The molecule has 1 fully saturated rings. The van der Waals surface area contributed by atoms with Crippen LogP contribution in [0, 0.1) is 11.6 Å². The fraction of sp³-hybridized carbons (Fsp3) is 0.455. The van der Waals surface area contributed by atoms with Gasteiger partial charge in [-0.2, -0.15) is 0 Å². The van der Waals surface area contributed by atoms with Crippen LogP contribution < -0.4 is 5.73 Å². The summed E-state index contributed by atoms with van der Waals surface area (Å²) < 4.78 is 31.3. The molecule has 15 heavy (non-hydrogen) atoms. The van der Waals surface area contributed by atoms with Gasteiger partial charge in [0.2, 0.25) is 0 Å². The zero-order chi connectivity index (χ0) is 10.9. The Morgan fingerprint density at radius 1 is 1.20 bits per heavy atom. The maximum absolute atomic E-state index is 13.0. The Hall–Kier alpha value is -1.00. The monoisotopic (exact) mass is 213 g/mol. The molecule has 0 saturated carbocycles. The van der Waals surface area contributed by atoms with Crippen LogP contribution in [0.15, 0.2) is 18.2 Å². The van der Waals surface area contributed by atoms with Crippen LogP contribution in [0.4, 0.5) is 8.78 Å². The van der Waals surface area contributed by atoms with Crippen LogP contribution >= 0.6 is 0 Å². The van der Waals surface area contributed by atoms with Crippen LogP contribution in [0.5, 0.6) is 0 Å². The average Bonchev–Trinajstić information content (AvgIpc) is 2.17. The first-order valence-corrected chi connectivity index (χ1v) is 4.93. The average molecular weight is 213 g/mol. The second-order valence-electron chi connectivity index (χ2n) is 3.97. The third-order valence-electron chi connectivity index (χ3n) is 2.71. The van der Waals surface area contributed by atoms with Crippen molar-refractivity contribution in [1.82, 2.24) is 0 Å². The molecule has 0 radical (unpaired) electrons. The van der Waals surface area contributed by atoms with Gasteiger partial charge in [-0.05, 0) is 30.5 Å². The molecule has 1 aliphatic heterocycles. The number of rotatable bonds is 1. The van der Waals surface area contributed by atoms with Crippen LogP contribution in [0.3, 0.4) is 0 Å². The van der Waals surface area contributed by atoms with Gasteiger partial charge in [-0.15, -0.1) is 0 Å². The van der Waals surface area contributed by atoms with E-state index in [2.05, 4.69) is 0 Å². The van der Waals surface area contributed by atoms with Crippen LogP contribution in [-0.4, -0.2) is 13.2 Å². The molecule has 2 nitrogen and oxygen atoms in total. The number of nitrogens with two attached hydrogens (primary N) is 1. The molecule has 2 rings (SSSR count). The lowest BCUT2D eigenvalue weighted by molar-refractivity contribution is 0.0364. The van der Waals surface area contributed by atoms with E-state index in [1.165, 1.54) is 12.1 Å². The molecule has 1 saturated heterocycles. The van der Waals surface area contributed by atoms with Gasteiger partial charge in [-0.25, -0.2) is 8.78 Å². The molecule has 1 atom stereocenters. The van der Waals surface area contributed by atoms with Crippen molar-refractivity contribution in [3.63, 3.8) is 0 Å². The minimum absolute atomic E-state index is 0.315. The lowest BCUT2D eigenvalue weighted by Gasteiger charge is -2.33. The lowest BCUT2D eigenvalue weighted by atomic mass is 9.86. The van der Waals surface area contributed by atoms with Gasteiger partial charge < -0.3 is 10.5 Å². The van der Waals surface area contributed by atoms with Gasteiger partial charge in [-0.1, -0.05) is 0 Å². The van der Waals surface area contributed by atoms with Crippen LogP contribution in [0.2, 0.25) is 0 Å². The molecule has 1 aliphatic rings. The van der Waals surface area contributed by atoms with Crippen molar-refractivity contribution in [3.05, 3.63) is 35.4 Å². The van der Waals surface area contributed by atoms with Gasteiger partial charge >= 0.3 is 0 Å². The summed E-state index contributed by atoms with van der Waals surface area (Å²) in [7, 11) is 0. The molecule has 1 heterocycles. The predicted molar refractivity (Wildman–Crippen MR) is 52.3 cm³/mol. The Balaban J connectivity index is 2.34. The first-order chi connectivity index (χ1) is 7.10.